The minimum atomic E-state index is 0.240. The number of benzene rings is 1. The molecule has 0 fully saturated rings. The normalized spacial score (nSPS) is 11.3. The van der Waals surface area contributed by atoms with Gasteiger partial charge in [0.1, 0.15) is 0 Å². The Hall–Kier alpha value is -1.02. The monoisotopic (exact) mass is 207 g/mol. The van der Waals surface area contributed by atoms with Gasteiger partial charge in [0.05, 0.1) is 12.7 Å². The third kappa shape index (κ3) is 3.24. The average molecular weight is 207 g/mol. The standard InChI is InChI=1S/C13H21NO/c1-9(2)11-6-5-7-13(14)12(11)8-15-10(3)4/h5-7,9-10H,8,14H2,1-4H3. The molecule has 84 valence electrons. The van der Waals surface area contributed by atoms with Gasteiger partial charge in [0, 0.05) is 11.3 Å². The van der Waals surface area contributed by atoms with Crippen molar-refractivity contribution in [1.82, 2.24) is 0 Å². The second-order valence-electron chi connectivity index (χ2n) is 4.43. The lowest BCUT2D eigenvalue weighted by atomic mass is 9.96. The van der Waals surface area contributed by atoms with Crippen molar-refractivity contribution in [1.29, 1.82) is 0 Å². The van der Waals surface area contributed by atoms with Gasteiger partial charge in [-0.05, 0) is 31.4 Å². The molecular formula is C13H21NO. The lowest BCUT2D eigenvalue weighted by Crippen LogP contribution is -2.07. The van der Waals surface area contributed by atoms with E-state index in [4.69, 9.17) is 10.5 Å². The second-order valence-corrected chi connectivity index (χ2v) is 4.43. The summed E-state index contributed by atoms with van der Waals surface area (Å²) >= 11 is 0. The van der Waals surface area contributed by atoms with Gasteiger partial charge in [-0.15, -0.1) is 0 Å². The van der Waals surface area contributed by atoms with E-state index in [1.54, 1.807) is 0 Å². The van der Waals surface area contributed by atoms with Crippen molar-refractivity contribution in [3.63, 3.8) is 0 Å². The van der Waals surface area contributed by atoms with Gasteiger partial charge in [-0.3, -0.25) is 0 Å². The Balaban J connectivity index is 2.92. The van der Waals surface area contributed by atoms with Crippen molar-refractivity contribution >= 4 is 5.69 Å². The van der Waals surface area contributed by atoms with Gasteiger partial charge in [-0.25, -0.2) is 0 Å². The number of ether oxygens (including phenoxy) is 1. The van der Waals surface area contributed by atoms with Crippen LogP contribution in [0.25, 0.3) is 0 Å². The van der Waals surface area contributed by atoms with E-state index in [-0.39, 0.29) is 6.10 Å². The Bertz CT molecular complexity index is 318. The Morgan fingerprint density at radius 2 is 1.87 bits per heavy atom. The molecule has 0 amide bonds. The first-order valence-electron chi connectivity index (χ1n) is 5.51. The SMILES string of the molecule is CC(C)OCc1c(N)cccc1C(C)C. The molecule has 0 saturated carbocycles. The summed E-state index contributed by atoms with van der Waals surface area (Å²) in [5.41, 5.74) is 9.23. The van der Waals surface area contributed by atoms with E-state index in [0.29, 0.717) is 12.5 Å². The van der Waals surface area contributed by atoms with Crippen molar-refractivity contribution in [2.75, 3.05) is 5.73 Å². The highest BCUT2D eigenvalue weighted by Gasteiger charge is 2.09. The molecule has 0 heterocycles. The van der Waals surface area contributed by atoms with Crippen LogP contribution < -0.4 is 5.73 Å². The molecule has 0 radical (unpaired) electrons. The van der Waals surface area contributed by atoms with Gasteiger partial charge in [0.25, 0.3) is 0 Å². The molecule has 0 aromatic heterocycles. The van der Waals surface area contributed by atoms with Gasteiger partial charge in [-0.1, -0.05) is 26.0 Å². The molecule has 1 aromatic rings. The Morgan fingerprint density at radius 3 is 2.40 bits per heavy atom. The smallest absolute Gasteiger partial charge is 0.0743 e. The van der Waals surface area contributed by atoms with Crippen molar-refractivity contribution in [3.8, 4) is 0 Å². The molecule has 0 saturated heterocycles. The lowest BCUT2D eigenvalue weighted by molar-refractivity contribution is 0.0655. The summed E-state index contributed by atoms with van der Waals surface area (Å²) in [5.74, 6) is 0.485. The summed E-state index contributed by atoms with van der Waals surface area (Å²) in [7, 11) is 0. The van der Waals surface area contributed by atoms with Crippen LogP contribution in [0.1, 0.15) is 44.7 Å². The molecule has 1 aromatic carbocycles. The zero-order chi connectivity index (χ0) is 11.4. The highest BCUT2D eigenvalue weighted by molar-refractivity contribution is 5.51. The van der Waals surface area contributed by atoms with Gasteiger partial charge in [0.15, 0.2) is 0 Å². The predicted molar refractivity (Wildman–Crippen MR) is 64.9 cm³/mol. The summed E-state index contributed by atoms with van der Waals surface area (Å²) in [5, 5.41) is 0. The van der Waals surface area contributed by atoms with Crippen LogP contribution in [0.2, 0.25) is 0 Å². The predicted octanol–water partition coefficient (Wildman–Crippen LogP) is 3.32. The molecule has 0 atom stereocenters. The minimum Gasteiger partial charge on any atom is -0.398 e. The summed E-state index contributed by atoms with van der Waals surface area (Å²) in [6, 6.07) is 6.06. The fourth-order valence-electron chi connectivity index (χ4n) is 1.58. The van der Waals surface area contributed by atoms with Gasteiger partial charge >= 0.3 is 0 Å². The van der Waals surface area contributed by atoms with Crippen molar-refractivity contribution in [2.45, 2.75) is 46.3 Å². The van der Waals surface area contributed by atoms with Crippen LogP contribution in [0, 0.1) is 0 Å². The third-order valence-corrected chi connectivity index (χ3v) is 2.43. The second kappa shape index (κ2) is 5.17. The number of nitrogens with two attached hydrogens (primary N) is 1. The van der Waals surface area contributed by atoms with Crippen LogP contribution in [0.3, 0.4) is 0 Å². The maximum Gasteiger partial charge on any atom is 0.0743 e. The fourth-order valence-corrected chi connectivity index (χ4v) is 1.58. The molecule has 0 unspecified atom stereocenters. The largest absolute Gasteiger partial charge is 0.398 e. The third-order valence-electron chi connectivity index (χ3n) is 2.43. The molecule has 0 spiro atoms. The van der Waals surface area contributed by atoms with E-state index in [1.807, 2.05) is 26.0 Å². The fraction of sp³-hybridized carbons (Fsp3) is 0.538. The molecule has 0 bridgehead atoms. The van der Waals surface area contributed by atoms with Crippen LogP contribution in [-0.4, -0.2) is 6.10 Å². The van der Waals surface area contributed by atoms with Gasteiger partial charge < -0.3 is 10.5 Å². The van der Waals surface area contributed by atoms with Crippen molar-refractivity contribution in [2.24, 2.45) is 0 Å². The quantitative estimate of drug-likeness (QED) is 0.769. The number of rotatable bonds is 4. The number of anilines is 1. The van der Waals surface area contributed by atoms with E-state index in [9.17, 15) is 0 Å². The maximum absolute atomic E-state index is 5.97. The zero-order valence-electron chi connectivity index (χ0n) is 10.1. The molecule has 2 heteroatoms. The van der Waals surface area contributed by atoms with E-state index in [2.05, 4.69) is 19.9 Å². The number of hydrogen-bond donors (Lipinski definition) is 1. The van der Waals surface area contributed by atoms with E-state index >= 15 is 0 Å². The average Bonchev–Trinajstić information content (AvgIpc) is 2.15. The summed E-state index contributed by atoms with van der Waals surface area (Å²) in [4.78, 5) is 0. The number of nitrogen functional groups attached to an aromatic ring is 1. The molecule has 0 aliphatic rings. The highest BCUT2D eigenvalue weighted by Crippen LogP contribution is 2.25. The molecule has 0 aliphatic carbocycles. The molecule has 2 N–H and O–H groups in total. The minimum absolute atomic E-state index is 0.240. The van der Waals surface area contributed by atoms with E-state index < -0.39 is 0 Å². The first kappa shape index (κ1) is 12.1. The lowest BCUT2D eigenvalue weighted by Gasteiger charge is -2.16. The van der Waals surface area contributed by atoms with Crippen molar-refractivity contribution < 1.29 is 4.74 Å². The Labute approximate surface area is 92.4 Å². The summed E-state index contributed by atoms with van der Waals surface area (Å²) < 4.78 is 5.62. The first-order chi connectivity index (χ1) is 7.02. The van der Waals surface area contributed by atoms with E-state index in [1.165, 1.54) is 5.56 Å². The number of hydrogen-bond acceptors (Lipinski definition) is 2. The van der Waals surface area contributed by atoms with Crippen LogP contribution >= 0.6 is 0 Å². The van der Waals surface area contributed by atoms with Crippen LogP contribution in [0.5, 0.6) is 0 Å². The van der Waals surface area contributed by atoms with Gasteiger partial charge in [-0.2, -0.15) is 0 Å². The van der Waals surface area contributed by atoms with Gasteiger partial charge in [0.2, 0.25) is 0 Å². The molecule has 15 heavy (non-hydrogen) atoms. The first-order valence-corrected chi connectivity index (χ1v) is 5.51. The van der Waals surface area contributed by atoms with Crippen LogP contribution in [0.4, 0.5) is 5.69 Å². The van der Waals surface area contributed by atoms with Crippen LogP contribution in [-0.2, 0) is 11.3 Å². The maximum atomic E-state index is 5.97. The highest BCUT2D eigenvalue weighted by atomic mass is 16.5. The summed E-state index contributed by atoms with van der Waals surface area (Å²) in [6.07, 6.45) is 0.240. The molecule has 2 nitrogen and oxygen atoms in total. The Morgan fingerprint density at radius 1 is 1.20 bits per heavy atom. The van der Waals surface area contributed by atoms with Crippen LogP contribution in [0.15, 0.2) is 18.2 Å². The Kier molecular flexibility index (Phi) is 4.15. The molecule has 0 aliphatic heterocycles. The molecule has 1 rings (SSSR count). The topological polar surface area (TPSA) is 35.2 Å². The van der Waals surface area contributed by atoms with Crippen molar-refractivity contribution in [3.05, 3.63) is 29.3 Å². The zero-order valence-corrected chi connectivity index (χ0v) is 10.1. The van der Waals surface area contributed by atoms with E-state index in [0.717, 1.165) is 11.3 Å². The summed E-state index contributed by atoms with van der Waals surface area (Å²) in [6.45, 7) is 9.03. The molecular weight excluding hydrogens is 186 g/mol.